The van der Waals surface area contributed by atoms with Crippen LogP contribution in [-0.2, 0) is 4.79 Å². The molecule has 6 heteroatoms. The summed E-state index contributed by atoms with van der Waals surface area (Å²) >= 11 is 3.37. The van der Waals surface area contributed by atoms with Gasteiger partial charge in [0, 0.05) is 30.3 Å². The molecule has 0 radical (unpaired) electrons. The molecule has 0 spiro atoms. The molecular formula is C14H18BrN3O2. The summed E-state index contributed by atoms with van der Waals surface area (Å²) in [6.45, 7) is 2.88. The van der Waals surface area contributed by atoms with E-state index in [1.54, 1.807) is 30.1 Å². The van der Waals surface area contributed by atoms with Gasteiger partial charge in [0.05, 0.1) is 11.0 Å². The van der Waals surface area contributed by atoms with Gasteiger partial charge in [-0.2, -0.15) is 0 Å². The molecule has 1 fully saturated rings. The summed E-state index contributed by atoms with van der Waals surface area (Å²) in [4.78, 5) is 26.1. The molecule has 1 aromatic rings. The van der Waals surface area contributed by atoms with Crippen LogP contribution in [0.15, 0.2) is 22.7 Å². The summed E-state index contributed by atoms with van der Waals surface area (Å²) in [6, 6.07) is 5.15. The number of rotatable bonds is 2. The van der Waals surface area contributed by atoms with Gasteiger partial charge < -0.3 is 16.0 Å². The van der Waals surface area contributed by atoms with Gasteiger partial charge in [-0.25, -0.2) is 0 Å². The molecule has 1 saturated heterocycles. The van der Waals surface area contributed by atoms with Crippen LogP contribution in [0.2, 0.25) is 0 Å². The van der Waals surface area contributed by atoms with E-state index in [9.17, 15) is 9.59 Å². The van der Waals surface area contributed by atoms with Crippen molar-refractivity contribution in [2.75, 3.05) is 25.9 Å². The van der Waals surface area contributed by atoms with E-state index >= 15 is 0 Å². The Hall–Kier alpha value is -1.56. The van der Waals surface area contributed by atoms with Crippen LogP contribution in [0.5, 0.6) is 0 Å². The lowest BCUT2D eigenvalue weighted by Crippen LogP contribution is -2.40. The van der Waals surface area contributed by atoms with Crippen molar-refractivity contribution in [3.8, 4) is 0 Å². The van der Waals surface area contributed by atoms with Crippen LogP contribution >= 0.6 is 15.9 Å². The summed E-state index contributed by atoms with van der Waals surface area (Å²) < 4.78 is 0.713. The minimum absolute atomic E-state index is 0.0283. The van der Waals surface area contributed by atoms with E-state index in [4.69, 9.17) is 5.73 Å². The Balaban J connectivity index is 2.20. The molecule has 1 aliphatic heterocycles. The predicted octanol–water partition coefficient (Wildman–Crippen LogP) is 1.63. The van der Waals surface area contributed by atoms with Gasteiger partial charge in [0.1, 0.15) is 0 Å². The Kier molecular flexibility index (Phi) is 4.04. The summed E-state index contributed by atoms with van der Waals surface area (Å²) in [5, 5.41) is 2.66. The Morgan fingerprint density at radius 1 is 1.45 bits per heavy atom. The lowest BCUT2D eigenvalue weighted by atomic mass is 9.89. The number of nitrogens with zero attached hydrogens (tertiary/aromatic N) is 1. The SMILES string of the molecule is CNC(=O)C1(C)CCN(C(=O)c2cc(N)ccc2Br)C1. The highest BCUT2D eigenvalue weighted by Crippen LogP contribution is 2.32. The summed E-state index contributed by atoms with van der Waals surface area (Å²) in [7, 11) is 1.62. The van der Waals surface area contributed by atoms with Gasteiger partial charge in [0.25, 0.3) is 5.91 Å². The number of carbonyl (C=O) groups excluding carboxylic acids is 2. The number of hydrogen-bond acceptors (Lipinski definition) is 3. The second kappa shape index (κ2) is 5.44. The zero-order chi connectivity index (χ0) is 14.9. The van der Waals surface area contributed by atoms with Crippen molar-refractivity contribution in [2.24, 2.45) is 5.41 Å². The van der Waals surface area contributed by atoms with Gasteiger partial charge in [-0.3, -0.25) is 9.59 Å². The number of nitrogen functional groups attached to an aromatic ring is 1. The fourth-order valence-corrected chi connectivity index (χ4v) is 2.91. The highest BCUT2D eigenvalue weighted by atomic mass is 79.9. The molecule has 108 valence electrons. The van der Waals surface area contributed by atoms with Gasteiger partial charge >= 0.3 is 0 Å². The second-order valence-corrected chi connectivity index (χ2v) is 6.21. The highest BCUT2D eigenvalue weighted by Gasteiger charge is 2.41. The number of halogens is 1. The van der Waals surface area contributed by atoms with Crippen molar-refractivity contribution in [2.45, 2.75) is 13.3 Å². The summed E-state index contributed by atoms with van der Waals surface area (Å²) in [5.74, 6) is -0.128. The lowest BCUT2D eigenvalue weighted by Gasteiger charge is -2.23. The molecule has 2 amide bonds. The molecule has 1 aromatic carbocycles. The zero-order valence-electron chi connectivity index (χ0n) is 11.6. The maximum absolute atomic E-state index is 12.5. The molecule has 1 heterocycles. The number of carbonyl (C=O) groups is 2. The molecule has 0 aliphatic carbocycles. The van der Waals surface area contributed by atoms with Gasteiger partial charge in [-0.15, -0.1) is 0 Å². The van der Waals surface area contributed by atoms with Crippen molar-refractivity contribution < 1.29 is 9.59 Å². The molecular weight excluding hydrogens is 322 g/mol. The van der Waals surface area contributed by atoms with Crippen LogP contribution < -0.4 is 11.1 Å². The third kappa shape index (κ3) is 2.65. The van der Waals surface area contributed by atoms with Crippen molar-refractivity contribution in [3.63, 3.8) is 0 Å². The molecule has 0 aromatic heterocycles. The molecule has 2 rings (SSSR count). The maximum Gasteiger partial charge on any atom is 0.255 e. The van der Waals surface area contributed by atoms with Gasteiger partial charge in [0.15, 0.2) is 0 Å². The van der Waals surface area contributed by atoms with E-state index in [1.165, 1.54) is 0 Å². The fourth-order valence-electron chi connectivity index (χ4n) is 2.50. The van der Waals surface area contributed by atoms with E-state index in [1.807, 2.05) is 6.92 Å². The molecule has 1 unspecified atom stereocenters. The highest BCUT2D eigenvalue weighted by molar-refractivity contribution is 9.10. The summed E-state index contributed by atoms with van der Waals surface area (Å²) in [6.07, 6.45) is 0.665. The Morgan fingerprint density at radius 3 is 2.80 bits per heavy atom. The standard InChI is InChI=1S/C14H18BrN3O2/c1-14(13(20)17-2)5-6-18(8-14)12(19)10-7-9(16)3-4-11(10)15/h3-4,7H,5-6,8,16H2,1-2H3,(H,17,20). The molecule has 1 aliphatic rings. The number of nitrogens with two attached hydrogens (primary N) is 1. The predicted molar refractivity (Wildman–Crippen MR) is 81.2 cm³/mol. The van der Waals surface area contributed by atoms with Crippen LogP contribution in [0, 0.1) is 5.41 Å². The number of amides is 2. The molecule has 20 heavy (non-hydrogen) atoms. The first-order valence-electron chi connectivity index (χ1n) is 6.44. The summed E-state index contributed by atoms with van der Waals surface area (Å²) in [5.41, 5.74) is 6.29. The van der Waals surface area contributed by atoms with Crippen LogP contribution in [0.3, 0.4) is 0 Å². The first-order valence-corrected chi connectivity index (χ1v) is 7.23. The van der Waals surface area contributed by atoms with E-state index in [-0.39, 0.29) is 11.8 Å². The van der Waals surface area contributed by atoms with Gasteiger partial charge in [-0.1, -0.05) is 0 Å². The third-order valence-electron chi connectivity index (χ3n) is 3.76. The van der Waals surface area contributed by atoms with E-state index in [0.717, 1.165) is 0 Å². The molecule has 5 nitrogen and oxygen atoms in total. The minimum atomic E-state index is -0.517. The normalized spacial score (nSPS) is 21.9. The van der Waals surface area contributed by atoms with Crippen molar-refractivity contribution >= 4 is 33.4 Å². The third-order valence-corrected chi connectivity index (χ3v) is 4.45. The number of benzene rings is 1. The topological polar surface area (TPSA) is 75.4 Å². The molecule has 0 bridgehead atoms. The first-order chi connectivity index (χ1) is 9.37. The number of nitrogens with one attached hydrogen (secondary N) is 1. The monoisotopic (exact) mass is 339 g/mol. The van der Waals surface area contributed by atoms with Gasteiger partial charge in [-0.05, 0) is 47.5 Å². The van der Waals surface area contributed by atoms with Crippen molar-refractivity contribution in [1.82, 2.24) is 10.2 Å². The van der Waals surface area contributed by atoms with E-state index < -0.39 is 5.41 Å². The second-order valence-electron chi connectivity index (χ2n) is 5.36. The number of hydrogen-bond donors (Lipinski definition) is 2. The first kappa shape index (κ1) is 14.8. The van der Waals surface area contributed by atoms with Gasteiger partial charge in [0.2, 0.25) is 5.91 Å². The Morgan fingerprint density at radius 2 is 2.15 bits per heavy atom. The Bertz CT molecular complexity index is 561. The molecule has 0 saturated carbocycles. The average Bonchev–Trinajstić information content (AvgIpc) is 2.83. The van der Waals surface area contributed by atoms with Crippen molar-refractivity contribution in [1.29, 1.82) is 0 Å². The fraction of sp³-hybridized carbons (Fsp3) is 0.429. The lowest BCUT2D eigenvalue weighted by molar-refractivity contribution is -0.128. The van der Waals surface area contributed by atoms with Crippen LogP contribution in [0.1, 0.15) is 23.7 Å². The maximum atomic E-state index is 12.5. The van der Waals surface area contributed by atoms with Crippen LogP contribution in [-0.4, -0.2) is 36.9 Å². The average molecular weight is 340 g/mol. The van der Waals surface area contributed by atoms with E-state index in [0.29, 0.717) is 35.2 Å². The van der Waals surface area contributed by atoms with Crippen molar-refractivity contribution in [3.05, 3.63) is 28.2 Å². The number of likely N-dealkylation sites (tertiary alicyclic amines) is 1. The molecule has 1 atom stereocenters. The van der Waals surface area contributed by atoms with E-state index in [2.05, 4.69) is 21.2 Å². The quantitative estimate of drug-likeness (QED) is 0.804. The zero-order valence-corrected chi connectivity index (χ0v) is 13.2. The minimum Gasteiger partial charge on any atom is -0.399 e. The number of anilines is 1. The Labute approximate surface area is 126 Å². The smallest absolute Gasteiger partial charge is 0.255 e. The van der Waals surface area contributed by atoms with Crippen LogP contribution in [0.25, 0.3) is 0 Å². The molecule has 3 N–H and O–H groups in total. The van der Waals surface area contributed by atoms with Crippen LogP contribution in [0.4, 0.5) is 5.69 Å². The largest absolute Gasteiger partial charge is 0.399 e.